The summed E-state index contributed by atoms with van der Waals surface area (Å²) in [4.78, 5) is 48.1. The number of aliphatic hydroxyl groups excluding tert-OH is 4. The molecule has 0 spiro atoms. The van der Waals surface area contributed by atoms with E-state index in [0.29, 0.717) is 6.08 Å². The highest BCUT2D eigenvalue weighted by molar-refractivity contribution is 5.84. The van der Waals surface area contributed by atoms with Crippen LogP contribution in [0.4, 0.5) is 0 Å². The van der Waals surface area contributed by atoms with Crippen LogP contribution >= 0.6 is 0 Å². The summed E-state index contributed by atoms with van der Waals surface area (Å²) >= 11 is 0. The van der Waals surface area contributed by atoms with Gasteiger partial charge in [0.2, 0.25) is 18.0 Å². The monoisotopic (exact) mass is 445 g/mol. The fraction of sp³-hybridized carbons (Fsp3) is 0.500. The van der Waals surface area contributed by atoms with Crippen LogP contribution in [0, 0.1) is 0 Å². The molecule has 0 bridgehead atoms. The van der Waals surface area contributed by atoms with Crippen LogP contribution in [0.2, 0.25) is 0 Å². The average Bonchev–Trinajstić information content (AvgIpc) is 2.97. The van der Waals surface area contributed by atoms with Gasteiger partial charge in [-0.05, 0) is 6.08 Å². The number of rotatable bonds is 6. The van der Waals surface area contributed by atoms with Crippen LogP contribution in [0.5, 0.6) is 0 Å². The molecule has 8 N–H and O–H groups in total. The van der Waals surface area contributed by atoms with Gasteiger partial charge in [-0.25, -0.2) is 9.59 Å². The fourth-order valence-electron chi connectivity index (χ4n) is 3.12. The fourth-order valence-corrected chi connectivity index (χ4v) is 3.12. The number of amides is 1. The first-order chi connectivity index (χ1) is 14.5. The van der Waals surface area contributed by atoms with Crippen LogP contribution in [-0.4, -0.2) is 89.9 Å². The molecule has 2 aliphatic heterocycles. The normalized spacial score (nSPS) is 33.9. The number of nitrogens with one attached hydrogen (secondary N) is 1. The van der Waals surface area contributed by atoms with E-state index < -0.39 is 78.0 Å². The highest BCUT2D eigenvalue weighted by atomic mass is 16.7. The molecule has 15 heteroatoms. The van der Waals surface area contributed by atoms with E-state index in [1.165, 1.54) is 0 Å². The van der Waals surface area contributed by atoms with Gasteiger partial charge in [-0.3, -0.25) is 19.1 Å². The van der Waals surface area contributed by atoms with Crippen LogP contribution in [-0.2, 0) is 23.8 Å². The summed E-state index contributed by atoms with van der Waals surface area (Å²) < 4.78 is 16.2. The van der Waals surface area contributed by atoms with E-state index in [1.807, 2.05) is 4.98 Å². The minimum Gasteiger partial charge on any atom is -0.475 e. The third-order valence-corrected chi connectivity index (χ3v) is 4.66. The number of aromatic nitrogens is 2. The number of aromatic amines is 1. The predicted octanol–water partition coefficient (Wildman–Crippen LogP) is -4.93. The van der Waals surface area contributed by atoms with E-state index in [0.717, 1.165) is 16.8 Å². The van der Waals surface area contributed by atoms with Crippen molar-refractivity contribution >= 4 is 11.9 Å². The molecule has 0 radical (unpaired) electrons. The van der Waals surface area contributed by atoms with Crippen molar-refractivity contribution in [1.82, 2.24) is 9.55 Å². The molecular weight excluding hydrogens is 426 g/mol. The molecule has 31 heavy (non-hydrogen) atoms. The Kier molecular flexibility index (Phi) is 6.25. The van der Waals surface area contributed by atoms with Gasteiger partial charge in [-0.1, -0.05) is 0 Å². The predicted molar refractivity (Wildman–Crippen MR) is 93.9 cm³/mol. The molecule has 3 rings (SSSR count). The van der Waals surface area contributed by atoms with Crippen LogP contribution in [0.25, 0.3) is 0 Å². The standard InChI is InChI=1S/C16H19N3O12/c17-12(25)11(31-15-7(22)4(20)3-5(29-15)14(26)27)10-8(23)9(24)13(30-10)19-2-1-6(21)18-16(19)28/h1-4,7-11,13,15,20,22-24H,(H2,17,25)(H,26,27)(H,18,21,28)/t4-,7+,8+,9-,10+,11+,13-,15+/m1/s1. The first kappa shape index (κ1) is 22.6. The van der Waals surface area contributed by atoms with E-state index >= 15 is 0 Å². The zero-order chi connectivity index (χ0) is 23.0. The number of ether oxygens (including phenoxy) is 3. The molecule has 3 heterocycles. The first-order valence-corrected chi connectivity index (χ1v) is 8.77. The molecule has 2 aliphatic rings. The second-order valence-corrected chi connectivity index (χ2v) is 6.75. The average molecular weight is 445 g/mol. The molecule has 15 nitrogen and oxygen atoms in total. The third-order valence-electron chi connectivity index (χ3n) is 4.66. The Morgan fingerprint density at radius 2 is 1.84 bits per heavy atom. The van der Waals surface area contributed by atoms with Crippen molar-refractivity contribution in [2.24, 2.45) is 5.73 Å². The number of aliphatic hydroxyl groups is 4. The minimum absolute atomic E-state index is 0.704. The lowest BCUT2D eigenvalue weighted by molar-refractivity contribution is -0.241. The van der Waals surface area contributed by atoms with Crippen molar-refractivity contribution < 1.29 is 49.3 Å². The summed E-state index contributed by atoms with van der Waals surface area (Å²) in [5.41, 5.74) is 3.56. The Hall–Kier alpha value is -3.08. The molecule has 0 saturated carbocycles. The second-order valence-electron chi connectivity index (χ2n) is 6.75. The number of primary amides is 1. The van der Waals surface area contributed by atoms with Crippen molar-refractivity contribution in [3.05, 3.63) is 44.9 Å². The Labute approximate surface area is 171 Å². The second kappa shape index (κ2) is 8.58. The zero-order valence-electron chi connectivity index (χ0n) is 15.5. The van der Waals surface area contributed by atoms with Gasteiger partial charge in [-0.2, -0.15) is 0 Å². The zero-order valence-corrected chi connectivity index (χ0v) is 15.5. The molecule has 0 aromatic carbocycles. The Morgan fingerprint density at radius 1 is 1.16 bits per heavy atom. The first-order valence-electron chi connectivity index (χ1n) is 8.77. The summed E-state index contributed by atoms with van der Waals surface area (Å²) in [5.74, 6) is -3.64. The van der Waals surface area contributed by atoms with Crippen molar-refractivity contribution in [3.63, 3.8) is 0 Å². The largest absolute Gasteiger partial charge is 0.475 e. The molecule has 0 unspecified atom stereocenters. The molecular formula is C16H19N3O12. The number of carbonyl (C=O) groups is 2. The lowest BCUT2D eigenvalue weighted by atomic mass is 10.0. The summed E-state index contributed by atoms with van der Waals surface area (Å²) in [7, 11) is 0. The highest BCUT2D eigenvalue weighted by Gasteiger charge is 2.51. The van der Waals surface area contributed by atoms with Crippen molar-refractivity contribution in [1.29, 1.82) is 0 Å². The molecule has 1 amide bonds. The van der Waals surface area contributed by atoms with Crippen LogP contribution < -0.4 is 17.0 Å². The minimum atomic E-state index is -1.92. The maximum atomic E-state index is 12.0. The number of carbonyl (C=O) groups excluding carboxylic acids is 1. The molecule has 8 atom stereocenters. The molecule has 1 aromatic heterocycles. The molecule has 1 aromatic rings. The number of carboxylic acids is 1. The van der Waals surface area contributed by atoms with Crippen molar-refractivity contribution in [2.75, 3.05) is 0 Å². The molecule has 1 saturated heterocycles. The lowest BCUT2D eigenvalue weighted by Gasteiger charge is -2.34. The number of hydrogen-bond donors (Lipinski definition) is 7. The topological polar surface area (TPSA) is 244 Å². The third kappa shape index (κ3) is 4.36. The van der Waals surface area contributed by atoms with Gasteiger partial charge in [0.1, 0.15) is 30.5 Å². The number of carboxylic acid groups (broad SMARTS) is 1. The maximum Gasteiger partial charge on any atom is 0.371 e. The van der Waals surface area contributed by atoms with Gasteiger partial charge in [0.15, 0.2) is 12.3 Å². The molecule has 1 fully saturated rings. The SMILES string of the molecule is NC(=O)[C@@H](O[C@@H]1OC(C(=O)O)=C[C@@H](O)[C@@H]1O)[C@H]1O[C@@H](n2ccc(=O)[nH]c2=O)[C@H](O)[C@@H]1O. The number of nitrogens with two attached hydrogens (primary N) is 1. The Bertz CT molecular complexity index is 1000. The van der Waals surface area contributed by atoms with Crippen LogP contribution in [0.3, 0.4) is 0 Å². The van der Waals surface area contributed by atoms with Gasteiger partial charge in [0, 0.05) is 12.3 Å². The van der Waals surface area contributed by atoms with Crippen molar-refractivity contribution in [2.45, 2.75) is 49.1 Å². The number of H-pyrrole nitrogens is 1. The maximum absolute atomic E-state index is 12.0. The van der Waals surface area contributed by atoms with E-state index in [4.69, 9.17) is 25.1 Å². The molecule has 0 aliphatic carbocycles. The van der Waals surface area contributed by atoms with Gasteiger partial charge in [0.25, 0.3) is 5.56 Å². The number of nitrogens with zero attached hydrogens (tertiary/aromatic N) is 1. The highest BCUT2D eigenvalue weighted by Crippen LogP contribution is 2.32. The van der Waals surface area contributed by atoms with Crippen LogP contribution in [0.15, 0.2) is 33.7 Å². The quantitative estimate of drug-likeness (QED) is 0.218. The summed E-state index contributed by atoms with van der Waals surface area (Å²) in [6.07, 6.45) is -12.6. The van der Waals surface area contributed by atoms with E-state index in [9.17, 15) is 39.6 Å². The number of hydrogen-bond acceptors (Lipinski definition) is 11. The molecule has 170 valence electrons. The van der Waals surface area contributed by atoms with E-state index in [-0.39, 0.29) is 0 Å². The van der Waals surface area contributed by atoms with Gasteiger partial charge in [0.05, 0.1) is 0 Å². The summed E-state index contributed by atoms with van der Waals surface area (Å²) in [6, 6.07) is 0.951. The van der Waals surface area contributed by atoms with Crippen LogP contribution in [0.1, 0.15) is 6.23 Å². The Morgan fingerprint density at radius 3 is 2.42 bits per heavy atom. The van der Waals surface area contributed by atoms with Gasteiger partial charge < -0.3 is 45.5 Å². The lowest BCUT2D eigenvalue weighted by Crippen LogP contribution is -2.53. The van der Waals surface area contributed by atoms with Gasteiger partial charge in [-0.15, -0.1) is 0 Å². The summed E-state index contributed by atoms with van der Waals surface area (Å²) in [5, 5.41) is 49.4. The van der Waals surface area contributed by atoms with Gasteiger partial charge >= 0.3 is 11.7 Å². The Balaban J connectivity index is 1.85. The van der Waals surface area contributed by atoms with E-state index in [1.54, 1.807) is 0 Å². The smallest absolute Gasteiger partial charge is 0.371 e. The van der Waals surface area contributed by atoms with Crippen molar-refractivity contribution in [3.8, 4) is 0 Å². The summed E-state index contributed by atoms with van der Waals surface area (Å²) in [6.45, 7) is 0. The number of aliphatic carboxylic acids is 1. The van der Waals surface area contributed by atoms with E-state index in [2.05, 4.69) is 0 Å².